The summed E-state index contributed by atoms with van der Waals surface area (Å²) in [4.78, 5) is 35.5. The van der Waals surface area contributed by atoms with E-state index in [0.717, 1.165) is 22.3 Å². The molecule has 0 radical (unpaired) electrons. The predicted molar refractivity (Wildman–Crippen MR) is 167 cm³/mol. The lowest BCUT2D eigenvalue weighted by Crippen LogP contribution is -2.24. The van der Waals surface area contributed by atoms with E-state index in [0.29, 0.717) is 18.7 Å². The van der Waals surface area contributed by atoms with E-state index >= 15 is 0 Å². The first-order valence-electron chi connectivity index (χ1n) is 12.6. The predicted octanol–water partition coefficient (Wildman–Crippen LogP) is 3.70. The van der Waals surface area contributed by atoms with Gasteiger partial charge in [0.25, 0.3) is 0 Å². The molecule has 3 aromatic rings. The average Bonchev–Trinajstić information content (AvgIpc) is 2.99. The lowest BCUT2D eigenvalue weighted by atomic mass is 10.0. The van der Waals surface area contributed by atoms with Crippen LogP contribution in [0.1, 0.15) is 43.7 Å². The topological polar surface area (TPSA) is 166 Å². The third-order valence-corrected chi connectivity index (χ3v) is 5.58. The number of halogens is 2. The smallest absolute Gasteiger partial charge is 0.408 e. The van der Waals surface area contributed by atoms with Crippen molar-refractivity contribution in [1.82, 2.24) is 10.6 Å². The van der Waals surface area contributed by atoms with Gasteiger partial charge in [-0.25, -0.2) is 14.4 Å². The molecule has 0 saturated heterocycles. The minimum atomic E-state index is -1.19. The monoisotopic (exact) mass is 626 g/mol. The first kappa shape index (κ1) is 36.3. The number of carbonyl (C=O) groups is 3. The van der Waals surface area contributed by atoms with Crippen LogP contribution in [0.2, 0.25) is 0 Å². The minimum Gasteiger partial charge on any atom is -0.478 e. The molecule has 0 aliphatic rings. The van der Waals surface area contributed by atoms with Gasteiger partial charge in [-0.3, -0.25) is 0 Å². The average molecular weight is 628 g/mol. The van der Waals surface area contributed by atoms with E-state index < -0.39 is 18.2 Å². The lowest BCUT2D eigenvalue weighted by Gasteiger charge is -2.06. The fraction of sp³-hybridized carbons (Fsp3) is 0.194. The van der Waals surface area contributed by atoms with Gasteiger partial charge in [-0.05, 0) is 40.5 Å². The van der Waals surface area contributed by atoms with Gasteiger partial charge in [0, 0.05) is 37.3 Å². The number of carboxylic acids is 1. The molecule has 10 nitrogen and oxygen atoms in total. The van der Waals surface area contributed by atoms with Crippen LogP contribution in [0.5, 0.6) is 0 Å². The minimum absolute atomic E-state index is 0. The van der Waals surface area contributed by atoms with E-state index in [1.54, 1.807) is 6.07 Å². The Morgan fingerprint density at radius 1 is 0.698 bits per heavy atom. The maximum atomic E-state index is 11.9. The van der Waals surface area contributed by atoms with Crippen LogP contribution >= 0.6 is 24.8 Å². The number of benzene rings is 3. The summed E-state index contributed by atoms with van der Waals surface area (Å²) in [7, 11) is 0. The molecule has 12 heteroatoms. The molecule has 3 aromatic carbocycles. The molecular weight excluding hydrogens is 595 g/mol. The highest BCUT2D eigenvalue weighted by Gasteiger charge is 2.09. The molecule has 2 amide bonds. The fourth-order valence-corrected chi connectivity index (χ4v) is 3.56. The molecule has 0 saturated carbocycles. The molecule has 0 fully saturated rings. The van der Waals surface area contributed by atoms with E-state index in [2.05, 4.69) is 34.3 Å². The van der Waals surface area contributed by atoms with Crippen molar-refractivity contribution < 1.29 is 29.0 Å². The molecule has 7 N–H and O–H groups in total. The summed E-state index contributed by atoms with van der Waals surface area (Å²) in [6, 6.07) is 19.5. The van der Waals surface area contributed by atoms with E-state index in [1.807, 2.05) is 48.5 Å². The van der Waals surface area contributed by atoms with Crippen LogP contribution in [0.3, 0.4) is 0 Å². The normalized spacial score (nSPS) is 9.35. The Bertz CT molecular complexity index is 1530. The number of carboxylic acid groups (broad SMARTS) is 1. The molecule has 0 atom stereocenters. The molecule has 0 unspecified atom stereocenters. The second-order valence-electron chi connectivity index (χ2n) is 8.58. The van der Waals surface area contributed by atoms with Gasteiger partial charge in [0.2, 0.25) is 0 Å². The number of carbonyl (C=O) groups excluding carboxylic acids is 2. The Kier molecular flexibility index (Phi) is 16.4. The summed E-state index contributed by atoms with van der Waals surface area (Å²) in [6.07, 6.45) is -1.29. The highest BCUT2D eigenvalue weighted by molar-refractivity contribution is 5.91. The number of rotatable bonds is 9. The maximum absolute atomic E-state index is 11.9. The number of alkyl carbamates (subject to hydrolysis) is 2. The van der Waals surface area contributed by atoms with Gasteiger partial charge in [-0.15, -0.1) is 24.8 Å². The van der Waals surface area contributed by atoms with E-state index in [4.69, 9.17) is 20.9 Å². The van der Waals surface area contributed by atoms with Gasteiger partial charge in [0.15, 0.2) is 13.2 Å². The number of nitrogens with one attached hydrogen (secondary N) is 2. The summed E-state index contributed by atoms with van der Waals surface area (Å²) in [5, 5.41) is 14.8. The van der Waals surface area contributed by atoms with Crippen molar-refractivity contribution in [1.29, 1.82) is 0 Å². The Morgan fingerprint density at radius 2 is 1.19 bits per heavy atom. The van der Waals surface area contributed by atoms with Gasteiger partial charge in [0.1, 0.15) is 0 Å². The molecule has 0 heterocycles. The fourth-order valence-electron chi connectivity index (χ4n) is 3.56. The van der Waals surface area contributed by atoms with Crippen molar-refractivity contribution >= 4 is 43.0 Å². The zero-order valence-corrected chi connectivity index (χ0v) is 24.7. The Balaban J connectivity index is 0.00000462. The van der Waals surface area contributed by atoms with Crippen molar-refractivity contribution in [3.05, 3.63) is 106 Å². The highest BCUT2D eigenvalue weighted by Crippen LogP contribution is 2.11. The van der Waals surface area contributed by atoms with Gasteiger partial charge in [-0.1, -0.05) is 72.2 Å². The molecule has 226 valence electrons. The van der Waals surface area contributed by atoms with Crippen LogP contribution in [0, 0.1) is 23.7 Å². The van der Waals surface area contributed by atoms with Crippen molar-refractivity contribution in [2.45, 2.75) is 26.2 Å². The van der Waals surface area contributed by atoms with E-state index in [1.165, 1.54) is 12.1 Å². The number of nitrogens with two attached hydrogens (primary N) is 2. The van der Waals surface area contributed by atoms with Gasteiger partial charge < -0.3 is 36.7 Å². The summed E-state index contributed by atoms with van der Waals surface area (Å²) < 4.78 is 10.1. The van der Waals surface area contributed by atoms with Crippen LogP contribution < -0.4 is 22.1 Å². The summed E-state index contributed by atoms with van der Waals surface area (Å²) >= 11 is 0. The number of amides is 2. The zero-order valence-electron chi connectivity index (χ0n) is 23.1. The van der Waals surface area contributed by atoms with Crippen LogP contribution in [0.25, 0.3) is 0 Å². The zero-order chi connectivity index (χ0) is 29.5. The summed E-state index contributed by atoms with van der Waals surface area (Å²) in [6.45, 7) is 0.948. The van der Waals surface area contributed by atoms with Gasteiger partial charge >= 0.3 is 18.2 Å². The van der Waals surface area contributed by atoms with Crippen LogP contribution in [0.4, 0.5) is 9.59 Å². The third-order valence-electron chi connectivity index (χ3n) is 5.58. The van der Waals surface area contributed by atoms with E-state index in [-0.39, 0.29) is 62.2 Å². The molecule has 3 rings (SSSR count). The van der Waals surface area contributed by atoms with Gasteiger partial charge in [0.05, 0.1) is 5.56 Å². The Hall–Kier alpha value is -4.71. The van der Waals surface area contributed by atoms with Crippen LogP contribution in [0.15, 0.2) is 66.7 Å². The standard InChI is InChI=1S/C31H30N4O6.2ClH/c32-18-23-5-1-7-25(15-23)20-34-30(38)40-13-3-9-22-11-12-27(28(17-22)29(36)37)10-4-14-41-31(39)35-21-26-8-2-6-24(16-26)19-33;;/h1-2,5-8,11-12,15-17H,13-14,18-21,32-33H2,(H,34,38)(H,35,39)(H,36,37);2*1H. The molecule has 0 aliphatic carbocycles. The SMILES string of the molecule is Cl.Cl.NCc1cccc(CNC(=O)OCC#Cc2ccc(C#CCOC(=O)NCc3cccc(CN)c3)c(C(=O)O)c2)c1. The largest absolute Gasteiger partial charge is 0.478 e. The molecule has 43 heavy (non-hydrogen) atoms. The molecular formula is C31H32Cl2N4O6. The molecule has 0 aromatic heterocycles. The molecule has 0 aliphatic heterocycles. The first-order valence-corrected chi connectivity index (χ1v) is 12.6. The first-order chi connectivity index (χ1) is 19.9. The Morgan fingerprint density at radius 3 is 1.67 bits per heavy atom. The number of aromatic carboxylic acids is 1. The molecule has 0 bridgehead atoms. The third kappa shape index (κ3) is 12.8. The van der Waals surface area contributed by atoms with Crippen molar-refractivity contribution in [3.63, 3.8) is 0 Å². The molecule has 0 spiro atoms. The van der Waals surface area contributed by atoms with Crippen molar-refractivity contribution in [2.75, 3.05) is 13.2 Å². The second-order valence-corrected chi connectivity index (χ2v) is 8.58. The summed E-state index contributed by atoms with van der Waals surface area (Å²) in [5.41, 5.74) is 15.5. The van der Waals surface area contributed by atoms with Crippen LogP contribution in [-0.2, 0) is 35.7 Å². The van der Waals surface area contributed by atoms with Crippen LogP contribution in [-0.4, -0.2) is 36.5 Å². The highest BCUT2D eigenvalue weighted by atomic mass is 35.5. The van der Waals surface area contributed by atoms with Crippen molar-refractivity contribution in [2.24, 2.45) is 11.5 Å². The van der Waals surface area contributed by atoms with Crippen molar-refractivity contribution in [3.8, 4) is 23.7 Å². The lowest BCUT2D eigenvalue weighted by molar-refractivity contribution is 0.0696. The summed E-state index contributed by atoms with van der Waals surface area (Å²) in [5.74, 6) is 9.59. The number of ether oxygens (including phenoxy) is 2. The maximum Gasteiger partial charge on any atom is 0.408 e. The van der Waals surface area contributed by atoms with E-state index in [9.17, 15) is 19.5 Å². The quantitative estimate of drug-likeness (QED) is 0.224. The number of hydrogen-bond donors (Lipinski definition) is 5. The number of hydrogen-bond acceptors (Lipinski definition) is 7. The van der Waals surface area contributed by atoms with Gasteiger partial charge in [-0.2, -0.15) is 0 Å². The second kappa shape index (κ2) is 19.4. The Labute approximate surface area is 262 Å².